The molecule has 0 aliphatic carbocycles. The van der Waals surface area contributed by atoms with Crippen LogP contribution in [0.15, 0.2) is 54.9 Å². The Bertz CT molecular complexity index is 1320. The SMILES string of the molecule is CCCC(CCC)S(=O)(=O)CC(NC(=O)c1cccnc1)C(=O)NC(Cc1ccccc1)C(O)C(NCCOC)C(=O)NCC(C)C. The monoisotopic (exact) mass is 675 g/mol. The van der Waals surface area contributed by atoms with Gasteiger partial charge in [-0.05, 0) is 42.9 Å². The quantitative estimate of drug-likeness (QED) is 0.117. The predicted molar refractivity (Wildman–Crippen MR) is 182 cm³/mol. The van der Waals surface area contributed by atoms with Crippen molar-refractivity contribution in [1.82, 2.24) is 26.3 Å². The van der Waals surface area contributed by atoms with Crippen molar-refractivity contribution in [2.75, 3.05) is 32.6 Å². The van der Waals surface area contributed by atoms with Crippen LogP contribution < -0.4 is 21.3 Å². The molecule has 0 bridgehead atoms. The van der Waals surface area contributed by atoms with E-state index in [9.17, 15) is 27.9 Å². The summed E-state index contributed by atoms with van der Waals surface area (Å²) in [6.45, 7) is 8.59. The summed E-state index contributed by atoms with van der Waals surface area (Å²) < 4.78 is 32.4. The highest BCUT2D eigenvalue weighted by Gasteiger charge is 2.37. The number of hydrogen-bond donors (Lipinski definition) is 5. The molecule has 0 aliphatic heterocycles. The number of aliphatic hydroxyl groups is 1. The second-order valence-electron chi connectivity index (χ2n) is 12.2. The summed E-state index contributed by atoms with van der Waals surface area (Å²) in [4.78, 5) is 44.5. The van der Waals surface area contributed by atoms with Gasteiger partial charge in [0.05, 0.1) is 35.3 Å². The summed E-state index contributed by atoms with van der Waals surface area (Å²) in [7, 11) is -2.32. The van der Waals surface area contributed by atoms with Crippen molar-refractivity contribution in [3.05, 3.63) is 66.0 Å². The third kappa shape index (κ3) is 13.7. The zero-order valence-electron chi connectivity index (χ0n) is 28.3. The first-order chi connectivity index (χ1) is 22.4. The van der Waals surface area contributed by atoms with Gasteiger partial charge in [-0.3, -0.25) is 19.4 Å². The Kier molecular flexibility index (Phi) is 17.6. The molecule has 1 aromatic carbocycles. The lowest BCUT2D eigenvalue weighted by Crippen LogP contribution is -2.62. The summed E-state index contributed by atoms with van der Waals surface area (Å²) in [6.07, 6.45) is 3.64. The van der Waals surface area contributed by atoms with E-state index >= 15 is 0 Å². The van der Waals surface area contributed by atoms with Gasteiger partial charge in [0.25, 0.3) is 5.91 Å². The van der Waals surface area contributed by atoms with E-state index in [1.807, 2.05) is 58.0 Å². The molecule has 13 heteroatoms. The molecular formula is C34H53N5O7S. The Hall–Kier alpha value is -3.39. The van der Waals surface area contributed by atoms with Gasteiger partial charge in [-0.2, -0.15) is 0 Å². The van der Waals surface area contributed by atoms with Gasteiger partial charge in [-0.15, -0.1) is 0 Å². The summed E-state index contributed by atoms with van der Waals surface area (Å²) in [5, 5.41) is 22.3. The fourth-order valence-electron chi connectivity index (χ4n) is 5.18. The molecule has 12 nitrogen and oxygen atoms in total. The minimum Gasteiger partial charge on any atom is -0.389 e. The Balaban J connectivity index is 2.49. The van der Waals surface area contributed by atoms with Crippen LogP contribution in [0.25, 0.3) is 0 Å². The predicted octanol–water partition coefficient (Wildman–Crippen LogP) is 2.03. The maximum Gasteiger partial charge on any atom is 0.253 e. The summed E-state index contributed by atoms with van der Waals surface area (Å²) in [5.74, 6) is -2.39. The van der Waals surface area contributed by atoms with Crippen LogP contribution in [0.4, 0.5) is 0 Å². The largest absolute Gasteiger partial charge is 0.389 e. The molecule has 4 atom stereocenters. The fraction of sp³-hybridized carbons (Fsp3) is 0.588. The van der Waals surface area contributed by atoms with Crippen molar-refractivity contribution in [3.8, 4) is 0 Å². The average Bonchev–Trinajstić information content (AvgIpc) is 3.05. The van der Waals surface area contributed by atoms with Gasteiger partial charge in [-0.25, -0.2) is 8.42 Å². The van der Waals surface area contributed by atoms with E-state index in [1.165, 1.54) is 25.6 Å². The molecule has 262 valence electrons. The number of ether oxygens (including phenoxy) is 1. The van der Waals surface area contributed by atoms with Crippen LogP contribution in [0.1, 0.15) is 69.3 Å². The second kappa shape index (κ2) is 20.8. The maximum absolute atomic E-state index is 14.0. The zero-order valence-corrected chi connectivity index (χ0v) is 29.1. The van der Waals surface area contributed by atoms with Gasteiger partial charge in [0.15, 0.2) is 9.84 Å². The van der Waals surface area contributed by atoms with Crippen LogP contribution in [0.2, 0.25) is 0 Å². The Morgan fingerprint density at radius 2 is 1.64 bits per heavy atom. The van der Waals surface area contributed by atoms with Crippen molar-refractivity contribution < 1.29 is 32.6 Å². The van der Waals surface area contributed by atoms with Crippen LogP contribution in [-0.4, -0.2) is 98.3 Å². The van der Waals surface area contributed by atoms with Crippen molar-refractivity contribution in [2.45, 2.75) is 89.3 Å². The number of hydrogen-bond acceptors (Lipinski definition) is 9. The van der Waals surface area contributed by atoms with Crippen LogP contribution in [0.5, 0.6) is 0 Å². The molecule has 3 amide bonds. The number of carbonyl (C=O) groups excluding carboxylic acids is 3. The van der Waals surface area contributed by atoms with Gasteiger partial charge in [0, 0.05) is 32.6 Å². The van der Waals surface area contributed by atoms with Crippen LogP contribution >= 0.6 is 0 Å². The zero-order chi connectivity index (χ0) is 34.8. The molecule has 2 rings (SSSR count). The van der Waals surface area contributed by atoms with Gasteiger partial charge in [-0.1, -0.05) is 70.9 Å². The van der Waals surface area contributed by atoms with Crippen LogP contribution in [0.3, 0.4) is 0 Å². The molecule has 0 saturated carbocycles. The van der Waals surface area contributed by atoms with E-state index < -0.39 is 62.8 Å². The summed E-state index contributed by atoms with van der Waals surface area (Å²) >= 11 is 0. The number of aromatic nitrogens is 1. The molecule has 5 N–H and O–H groups in total. The van der Waals surface area contributed by atoms with Crippen LogP contribution in [0, 0.1) is 5.92 Å². The molecule has 4 unspecified atom stereocenters. The standard InChI is InChI=1S/C34H53N5O7S/c1-6-12-27(13-7-2)47(44,45)23-29(39-32(41)26-16-11-17-35-22-26)33(42)38-28(20-25-14-9-8-10-15-25)31(40)30(36-18-19-46-5)34(43)37-21-24(3)4/h8-11,14-17,22,24,27-31,36,40H,6-7,12-13,18-21,23H2,1-5H3,(H,37,43)(H,38,42)(H,39,41). The third-order valence-electron chi connectivity index (χ3n) is 7.69. The van der Waals surface area contributed by atoms with Gasteiger partial charge in [0.2, 0.25) is 11.8 Å². The highest BCUT2D eigenvalue weighted by atomic mass is 32.2. The Morgan fingerprint density at radius 3 is 2.21 bits per heavy atom. The molecule has 0 spiro atoms. The fourth-order valence-corrected chi connectivity index (χ4v) is 7.34. The van der Waals surface area contributed by atoms with Crippen molar-refractivity contribution >= 4 is 27.6 Å². The molecule has 47 heavy (non-hydrogen) atoms. The Labute approximate surface area is 279 Å². The normalized spacial score (nSPS) is 14.3. The molecule has 1 heterocycles. The molecule has 2 aromatic rings. The minimum atomic E-state index is -3.84. The molecule has 0 saturated heterocycles. The van der Waals surface area contributed by atoms with E-state index in [0.29, 0.717) is 32.2 Å². The number of sulfone groups is 1. The molecule has 0 fully saturated rings. The van der Waals surface area contributed by atoms with E-state index in [4.69, 9.17) is 4.74 Å². The molecule has 0 aliphatic rings. The van der Waals surface area contributed by atoms with Crippen molar-refractivity contribution in [1.29, 1.82) is 0 Å². The highest BCUT2D eigenvalue weighted by Crippen LogP contribution is 2.18. The van der Waals surface area contributed by atoms with E-state index in [1.54, 1.807) is 6.07 Å². The van der Waals surface area contributed by atoms with Crippen molar-refractivity contribution in [2.24, 2.45) is 5.92 Å². The second-order valence-corrected chi connectivity index (χ2v) is 14.5. The first-order valence-electron chi connectivity index (χ1n) is 16.4. The lowest BCUT2D eigenvalue weighted by molar-refractivity contribution is -0.129. The summed E-state index contributed by atoms with van der Waals surface area (Å²) in [5.41, 5.74) is 0.927. The van der Waals surface area contributed by atoms with Gasteiger partial charge in [0.1, 0.15) is 12.1 Å². The topological polar surface area (TPSA) is 176 Å². The molecular weight excluding hydrogens is 622 g/mol. The first kappa shape index (κ1) is 39.8. The average molecular weight is 676 g/mol. The number of amides is 3. The van der Waals surface area contributed by atoms with E-state index in [-0.39, 0.29) is 31.1 Å². The van der Waals surface area contributed by atoms with E-state index in [0.717, 1.165) is 5.56 Å². The number of aliphatic hydroxyl groups excluding tert-OH is 1. The van der Waals surface area contributed by atoms with E-state index in [2.05, 4.69) is 26.3 Å². The number of rotatable bonds is 22. The number of pyridine rings is 1. The smallest absolute Gasteiger partial charge is 0.253 e. The van der Waals surface area contributed by atoms with Gasteiger partial charge < -0.3 is 31.1 Å². The van der Waals surface area contributed by atoms with Crippen molar-refractivity contribution in [3.63, 3.8) is 0 Å². The van der Waals surface area contributed by atoms with Crippen LogP contribution in [-0.2, 0) is 30.6 Å². The van der Waals surface area contributed by atoms with Gasteiger partial charge >= 0.3 is 0 Å². The number of carbonyl (C=O) groups is 3. The number of nitrogens with one attached hydrogen (secondary N) is 4. The maximum atomic E-state index is 14.0. The lowest BCUT2D eigenvalue weighted by Gasteiger charge is -2.32. The summed E-state index contributed by atoms with van der Waals surface area (Å²) in [6, 6.07) is 8.52. The number of methoxy groups -OCH3 is 1. The number of nitrogens with zero attached hydrogens (tertiary/aromatic N) is 1. The highest BCUT2D eigenvalue weighted by molar-refractivity contribution is 7.92. The minimum absolute atomic E-state index is 0.123. The third-order valence-corrected chi connectivity index (χ3v) is 9.98. The molecule has 0 radical (unpaired) electrons. The number of benzene rings is 1. The molecule has 1 aromatic heterocycles. The Morgan fingerprint density at radius 1 is 0.957 bits per heavy atom. The first-order valence-corrected chi connectivity index (χ1v) is 18.1. The lowest BCUT2D eigenvalue weighted by atomic mass is 9.95.